The van der Waals surface area contributed by atoms with Gasteiger partial charge in [0.2, 0.25) is 0 Å². The maximum absolute atomic E-state index is 10.6. The second-order valence-corrected chi connectivity index (χ2v) is 3.68. The Morgan fingerprint density at radius 1 is 1.44 bits per heavy atom. The van der Waals surface area contributed by atoms with Crippen molar-refractivity contribution in [2.24, 2.45) is 5.92 Å². The lowest BCUT2D eigenvalue weighted by atomic mass is 10.00. The predicted octanol–water partition coefficient (Wildman–Crippen LogP) is 2.73. The van der Waals surface area contributed by atoms with Crippen molar-refractivity contribution in [3.05, 3.63) is 42.5 Å². The van der Waals surface area contributed by atoms with E-state index in [0.29, 0.717) is 13.0 Å². The van der Waals surface area contributed by atoms with E-state index in [4.69, 9.17) is 9.84 Å². The first-order chi connectivity index (χ1) is 7.61. The minimum Gasteiger partial charge on any atom is -0.494 e. The van der Waals surface area contributed by atoms with Crippen LogP contribution in [-0.2, 0) is 4.79 Å². The highest BCUT2D eigenvalue weighted by atomic mass is 16.5. The first kappa shape index (κ1) is 12.3. The average Bonchev–Trinajstić information content (AvgIpc) is 2.29. The quantitative estimate of drug-likeness (QED) is 0.750. The molecule has 1 aromatic rings. The number of hydrogen-bond donors (Lipinski definition) is 1. The monoisotopic (exact) mass is 220 g/mol. The van der Waals surface area contributed by atoms with Gasteiger partial charge in [0.1, 0.15) is 5.75 Å². The highest BCUT2D eigenvalue weighted by Crippen LogP contribution is 2.15. The van der Waals surface area contributed by atoms with E-state index in [0.717, 1.165) is 5.75 Å². The third kappa shape index (κ3) is 3.77. The molecule has 0 bridgehead atoms. The second-order valence-electron chi connectivity index (χ2n) is 3.68. The molecular formula is C13H16O3. The Labute approximate surface area is 95.4 Å². The minimum atomic E-state index is -0.938. The predicted molar refractivity (Wildman–Crippen MR) is 62.5 cm³/mol. The van der Waals surface area contributed by atoms with Crippen LogP contribution in [0.3, 0.4) is 0 Å². The van der Waals surface area contributed by atoms with Crippen LogP contribution in [0, 0.1) is 5.92 Å². The highest BCUT2D eigenvalue weighted by Gasteiger charge is 2.13. The van der Waals surface area contributed by atoms with Crippen LogP contribution >= 0.6 is 0 Å². The largest absolute Gasteiger partial charge is 0.494 e. The van der Waals surface area contributed by atoms with Crippen LogP contribution in [0.15, 0.2) is 42.5 Å². The van der Waals surface area contributed by atoms with Crippen LogP contribution in [0.1, 0.15) is 13.3 Å². The molecule has 1 rings (SSSR count). The topological polar surface area (TPSA) is 46.5 Å². The lowest BCUT2D eigenvalue weighted by Crippen LogP contribution is -2.12. The summed E-state index contributed by atoms with van der Waals surface area (Å²) >= 11 is 0. The summed E-state index contributed by atoms with van der Waals surface area (Å²) in [6, 6.07) is 9.46. The van der Waals surface area contributed by atoms with Crippen LogP contribution in [0.4, 0.5) is 0 Å². The molecule has 0 aliphatic carbocycles. The lowest BCUT2D eigenvalue weighted by molar-refractivity contribution is -0.133. The van der Waals surface area contributed by atoms with E-state index in [1.165, 1.54) is 0 Å². The van der Waals surface area contributed by atoms with E-state index in [1.807, 2.05) is 37.3 Å². The lowest BCUT2D eigenvalue weighted by Gasteiger charge is -2.11. The van der Waals surface area contributed by atoms with E-state index in [2.05, 4.69) is 6.58 Å². The second kappa shape index (κ2) is 5.95. The van der Waals surface area contributed by atoms with Crippen molar-refractivity contribution in [3.8, 4) is 5.75 Å². The van der Waals surface area contributed by atoms with Crippen molar-refractivity contribution < 1.29 is 14.6 Å². The maximum atomic E-state index is 10.6. The summed E-state index contributed by atoms with van der Waals surface area (Å²) < 4.78 is 5.47. The number of benzene rings is 1. The van der Waals surface area contributed by atoms with Crippen molar-refractivity contribution >= 4 is 5.97 Å². The zero-order valence-electron chi connectivity index (χ0n) is 9.35. The van der Waals surface area contributed by atoms with Gasteiger partial charge in [-0.15, -0.1) is 0 Å². The van der Waals surface area contributed by atoms with Crippen molar-refractivity contribution in [3.63, 3.8) is 0 Å². The van der Waals surface area contributed by atoms with E-state index in [-0.39, 0.29) is 11.5 Å². The molecule has 0 heterocycles. The molecule has 16 heavy (non-hydrogen) atoms. The molecule has 0 aliphatic rings. The number of carboxylic acids is 1. The summed E-state index contributed by atoms with van der Waals surface area (Å²) in [7, 11) is 0. The molecule has 0 fully saturated rings. The fourth-order valence-electron chi connectivity index (χ4n) is 1.26. The van der Waals surface area contributed by atoms with Crippen LogP contribution in [0.25, 0.3) is 0 Å². The number of carbonyl (C=O) groups is 1. The van der Waals surface area contributed by atoms with E-state index >= 15 is 0 Å². The SMILES string of the molecule is C=C(C(=O)O)C(C)CCOc1ccccc1. The molecular weight excluding hydrogens is 204 g/mol. The smallest absolute Gasteiger partial charge is 0.331 e. The first-order valence-electron chi connectivity index (χ1n) is 5.21. The first-order valence-corrected chi connectivity index (χ1v) is 5.21. The van der Waals surface area contributed by atoms with Gasteiger partial charge >= 0.3 is 5.97 Å². The van der Waals surface area contributed by atoms with Crippen molar-refractivity contribution in [2.45, 2.75) is 13.3 Å². The third-order valence-corrected chi connectivity index (χ3v) is 2.43. The fourth-order valence-corrected chi connectivity index (χ4v) is 1.26. The molecule has 3 nitrogen and oxygen atoms in total. The molecule has 1 unspecified atom stereocenters. The van der Waals surface area contributed by atoms with Crippen molar-refractivity contribution in [2.75, 3.05) is 6.61 Å². The average molecular weight is 220 g/mol. The van der Waals surface area contributed by atoms with E-state index < -0.39 is 5.97 Å². The molecule has 0 saturated heterocycles. The number of hydrogen-bond acceptors (Lipinski definition) is 2. The summed E-state index contributed by atoms with van der Waals surface area (Å²) in [5, 5.41) is 8.73. The van der Waals surface area contributed by atoms with Gasteiger partial charge in [-0.1, -0.05) is 31.7 Å². The van der Waals surface area contributed by atoms with E-state index in [9.17, 15) is 4.79 Å². The number of para-hydroxylation sites is 1. The van der Waals surface area contributed by atoms with Gasteiger partial charge in [-0.3, -0.25) is 0 Å². The minimum absolute atomic E-state index is 0.0683. The highest BCUT2D eigenvalue weighted by molar-refractivity contribution is 5.86. The van der Waals surface area contributed by atoms with E-state index in [1.54, 1.807) is 0 Å². The van der Waals surface area contributed by atoms with Crippen LogP contribution in [0.5, 0.6) is 5.75 Å². The zero-order chi connectivity index (χ0) is 12.0. The molecule has 86 valence electrons. The Balaban J connectivity index is 2.31. The summed E-state index contributed by atoms with van der Waals surface area (Å²) in [5.74, 6) is -0.205. The fraction of sp³-hybridized carbons (Fsp3) is 0.308. The van der Waals surface area contributed by atoms with Gasteiger partial charge in [0, 0.05) is 5.57 Å². The van der Waals surface area contributed by atoms with Crippen molar-refractivity contribution in [1.82, 2.24) is 0 Å². The molecule has 0 radical (unpaired) electrons. The number of carboxylic acid groups (broad SMARTS) is 1. The maximum Gasteiger partial charge on any atom is 0.331 e. The van der Waals surface area contributed by atoms with Gasteiger partial charge < -0.3 is 9.84 Å². The van der Waals surface area contributed by atoms with Crippen LogP contribution in [0.2, 0.25) is 0 Å². The third-order valence-electron chi connectivity index (χ3n) is 2.43. The molecule has 0 amide bonds. The molecule has 3 heteroatoms. The summed E-state index contributed by atoms with van der Waals surface area (Å²) in [6.45, 7) is 5.86. The zero-order valence-corrected chi connectivity index (χ0v) is 9.35. The molecule has 0 aliphatic heterocycles. The van der Waals surface area contributed by atoms with Gasteiger partial charge in [0.25, 0.3) is 0 Å². The Bertz CT molecular complexity index is 357. The van der Waals surface area contributed by atoms with Gasteiger partial charge in [0.15, 0.2) is 0 Å². The van der Waals surface area contributed by atoms with Gasteiger partial charge in [-0.05, 0) is 24.5 Å². The Morgan fingerprint density at radius 3 is 2.62 bits per heavy atom. The van der Waals surface area contributed by atoms with Crippen LogP contribution in [-0.4, -0.2) is 17.7 Å². The molecule has 1 aromatic carbocycles. The summed E-state index contributed by atoms with van der Waals surface area (Å²) in [5.41, 5.74) is 0.233. The standard InChI is InChI=1S/C13H16O3/c1-10(11(2)13(14)15)8-9-16-12-6-4-3-5-7-12/h3-7,10H,2,8-9H2,1H3,(H,14,15). The number of rotatable bonds is 6. The number of aliphatic carboxylic acids is 1. The Hall–Kier alpha value is -1.77. The summed E-state index contributed by atoms with van der Waals surface area (Å²) in [4.78, 5) is 10.6. The molecule has 0 aromatic heterocycles. The molecule has 1 N–H and O–H groups in total. The summed E-state index contributed by atoms with van der Waals surface area (Å²) in [6.07, 6.45) is 0.653. The van der Waals surface area contributed by atoms with Crippen molar-refractivity contribution in [1.29, 1.82) is 0 Å². The molecule has 0 saturated carbocycles. The van der Waals surface area contributed by atoms with Gasteiger partial charge in [-0.2, -0.15) is 0 Å². The Kier molecular flexibility index (Phi) is 4.58. The number of ether oxygens (including phenoxy) is 1. The molecule has 0 spiro atoms. The van der Waals surface area contributed by atoms with Gasteiger partial charge in [-0.25, -0.2) is 4.79 Å². The van der Waals surface area contributed by atoms with Gasteiger partial charge in [0.05, 0.1) is 6.61 Å². The normalized spacial score (nSPS) is 11.8. The molecule has 1 atom stereocenters. The Morgan fingerprint density at radius 2 is 2.06 bits per heavy atom. The van der Waals surface area contributed by atoms with Crippen LogP contribution < -0.4 is 4.74 Å².